The predicted molar refractivity (Wildman–Crippen MR) is 134 cm³/mol. The molecule has 1 heterocycles. The molecule has 2 atom stereocenters. The topological polar surface area (TPSA) is 139 Å². The summed E-state index contributed by atoms with van der Waals surface area (Å²) in [6.07, 6.45) is 1.25. The van der Waals surface area contributed by atoms with Crippen molar-refractivity contribution in [3.8, 4) is 0 Å². The summed E-state index contributed by atoms with van der Waals surface area (Å²) in [7, 11) is 1.22. The molecule has 0 fully saturated rings. The van der Waals surface area contributed by atoms with Crippen LogP contribution in [0.5, 0.6) is 0 Å². The smallest absolute Gasteiger partial charge is 0.389 e. The van der Waals surface area contributed by atoms with E-state index in [1.54, 1.807) is 67.6 Å². The van der Waals surface area contributed by atoms with Crippen molar-refractivity contribution in [2.45, 2.75) is 18.7 Å². The van der Waals surface area contributed by atoms with Crippen LogP contribution in [0.3, 0.4) is 0 Å². The summed E-state index contributed by atoms with van der Waals surface area (Å²) in [5, 5.41) is 25.2. The normalized spacial score (nSPS) is 21.0. The van der Waals surface area contributed by atoms with Crippen molar-refractivity contribution < 1.29 is 38.9 Å². The molecule has 11 heteroatoms. The monoisotopic (exact) mass is 520 g/mol. The lowest BCUT2D eigenvalue weighted by Gasteiger charge is -2.32. The van der Waals surface area contributed by atoms with Crippen molar-refractivity contribution in [1.29, 1.82) is 0 Å². The molecule has 3 aromatic carbocycles. The van der Waals surface area contributed by atoms with Gasteiger partial charge in [0.1, 0.15) is 0 Å². The summed E-state index contributed by atoms with van der Waals surface area (Å²) in [6, 6.07) is 22.6. The Morgan fingerprint density at radius 2 is 1.68 bits per heavy atom. The van der Waals surface area contributed by atoms with Crippen LogP contribution in [0.2, 0.25) is 0 Å². The van der Waals surface area contributed by atoms with Gasteiger partial charge in [-0.1, -0.05) is 65.8 Å². The Hall–Kier alpha value is -4.42. The second-order valence-electron chi connectivity index (χ2n) is 7.95. The maximum atomic E-state index is 13.4. The van der Waals surface area contributed by atoms with Crippen molar-refractivity contribution in [3.63, 3.8) is 0 Å². The molecule has 11 nitrogen and oxygen atoms in total. The van der Waals surface area contributed by atoms with Gasteiger partial charge in [-0.05, 0) is 30.2 Å². The van der Waals surface area contributed by atoms with Gasteiger partial charge in [-0.2, -0.15) is 4.89 Å². The molecule has 1 N–H and O–H groups in total. The number of carbonyl (C=O) groups excluding carboxylic acids is 1. The van der Waals surface area contributed by atoms with Crippen LogP contribution in [0.1, 0.15) is 23.6 Å². The van der Waals surface area contributed by atoms with Crippen LogP contribution >= 0.6 is 0 Å². The first-order valence-electron chi connectivity index (χ1n) is 11.5. The van der Waals surface area contributed by atoms with Gasteiger partial charge in [0.25, 0.3) is 11.5 Å². The van der Waals surface area contributed by atoms with E-state index in [0.717, 1.165) is 0 Å². The van der Waals surface area contributed by atoms with Crippen molar-refractivity contribution in [2.75, 3.05) is 13.7 Å². The first kappa shape index (κ1) is 26.6. The Morgan fingerprint density at radius 3 is 2.24 bits per heavy atom. The summed E-state index contributed by atoms with van der Waals surface area (Å²) >= 11 is 0. The molecule has 0 unspecified atom stereocenters. The number of carbonyl (C=O) groups is 1. The number of nitro groups is 1. The number of rotatable bonds is 10. The van der Waals surface area contributed by atoms with E-state index in [-0.39, 0.29) is 23.4 Å². The third-order valence-corrected chi connectivity index (χ3v) is 5.74. The summed E-state index contributed by atoms with van der Waals surface area (Å²) in [5.74, 6) is -5.26. The Kier molecular flexibility index (Phi) is 7.93. The number of nitro benzene ring substituents is 1. The first-order valence-corrected chi connectivity index (χ1v) is 11.5. The third kappa shape index (κ3) is 4.91. The van der Waals surface area contributed by atoms with E-state index in [2.05, 4.69) is 5.16 Å². The van der Waals surface area contributed by atoms with Crippen LogP contribution in [-0.2, 0) is 34.5 Å². The molecule has 0 bridgehead atoms. The largest absolute Gasteiger partial charge is 0.462 e. The maximum Gasteiger partial charge on any atom is 0.389 e. The fourth-order valence-electron chi connectivity index (χ4n) is 4.04. The zero-order chi connectivity index (χ0) is 27.2. The minimum atomic E-state index is -2.33. The number of esters is 1. The summed E-state index contributed by atoms with van der Waals surface area (Å²) < 4.78 is 17.1. The first-order chi connectivity index (χ1) is 18.4. The van der Waals surface area contributed by atoms with Gasteiger partial charge in [0, 0.05) is 30.4 Å². The molecule has 1 aliphatic rings. The van der Waals surface area contributed by atoms with Gasteiger partial charge in [0.2, 0.25) is 0 Å². The molecule has 0 saturated carbocycles. The molecule has 0 aromatic heterocycles. The van der Waals surface area contributed by atoms with Crippen LogP contribution in [0.4, 0.5) is 5.69 Å². The van der Waals surface area contributed by atoms with Crippen LogP contribution in [-0.4, -0.2) is 42.1 Å². The van der Waals surface area contributed by atoms with Crippen LogP contribution in [0.15, 0.2) is 95.7 Å². The number of methoxy groups -OCH3 is 1. The van der Waals surface area contributed by atoms with Crippen LogP contribution in [0.25, 0.3) is 5.57 Å². The molecular formula is C27H24N2O9. The van der Waals surface area contributed by atoms with E-state index >= 15 is 0 Å². The number of benzene rings is 3. The lowest BCUT2D eigenvalue weighted by atomic mass is 9.89. The summed E-state index contributed by atoms with van der Waals surface area (Å²) in [6.45, 7) is 1.65. The maximum absolute atomic E-state index is 13.4. The molecule has 0 radical (unpaired) electrons. The molecular weight excluding hydrogens is 496 g/mol. The molecule has 0 spiro atoms. The van der Waals surface area contributed by atoms with Crippen molar-refractivity contribution in [2.24, 2.45) is 5.16 Å². The fourth-order valence-corrected chi connectivity index (χ4v) is 4.04. The second kappa shape index (κ2) is 11.3. The average molecular weight is 520 g/mol. The molecule has 0 aliphatic carbocycles. The molecule has 0 amide bonds. The van der Waals surface area contributed by atoms with E-state index < -0.39 is 22.7 Å². The van der Waals surface area contributed by atoms with E-state index in [0.29, 0.717) is 16.7 Å². The molecule has 0 saturated heterocycles. The zero-order valence-corrected chi connectivity index (χ0v) is 20.5. The van der Waals surface area contributed by atoms with Crippen molar-refractivity contribution in [3.05, 3.63) is 117 Å². The summed E-state index contributed by atoms with van der Waals surface area (Å²) in [5.41, 5.74) is 0.977. The molecule has 1 aliphatic heterocycles. The highest BCUT2D eigenvalue weighted by Gasteiger charge is 2.64. The molecule has 3 aromatic rings. The average Bonchev–Trinajstić information content (AvgIpc) is 3.26. The van der Waals surface area contributed by atoms with E-state index in [1.165, 1.54) is 37.6 Å². The minimum Gasteiger partial charge on any atom is -0.462 e. The predicted octanol–water partition coefficient (Wildman–Crippen LogP) is 4.64. The standard InChI is InChI=1S/C27H24N2O9/c1-3-35-25(30)24-23(20-10-6-4-7-11-20)26(38-33,21-12-8-5-9-13-21)36-27(24,34-2)37-28-18-19-14-16-22(17-15-19)29(31)32/h4-18,33H,3H2,1-2H3/b28-18+/t26-,27-/m0/s1. The Balaban J connectivity index is 1.88. The van der Waals surface area contributed by atoms with Crippen LogP contribution < -0.4 is 0 Å². The Labute approximate surface area is 217 Å². The number of ether oxygens (including phenoxy) is 3. The van der Waals surface area contributed by atoms with E-state index in [1.807, 2.05) is 0 Å². The van der Waals surface area contributed by atoms with E-state index in [4.69, 9.17) is 23.9 Å². The lowest BCUT2D eigenvalue weighted by molar-refractivity contribution is -0.461. The Bertz CT molecular complexity index is 1340. The van der Waals surface area contributed by atoms with Gasteiger partial charge >= 0.3 is 11.9 Å². The van der Waals surface area contributed by atoms with Crippen LogP contribution in [0, 0.1) is 10.1 Å². The van der Waals surface area contributed by atoms with Gasteiger partial charge in [0.05, 0.1) is 17.7 Å². The van der Waals surface area contributed by atoms with Gasteiger partial charge in [-0.25, -0.2) is 10.1 Å². The third-order valence-electron chi connectivity index (χ3n) is 5.74. The lowest BCUT2D eigenvalue weighted by Crippen LogP contribution is -2.43. The van der Waals surface area contributed by atoms with Gasteiger partial charge < -0.3 is 14.3 Å². The van der Waals surface area contributed by atoms with Crippen molar-refractivity contribution in [1.82, 2.24) is 0 Å². The Morgan fingerprint density at radius 1 is 1.05 bits per heavy atom. The summed E-state index contributed by atoms with van der Waals surface area (Å²) in [4.78, 5) is 34.5. The highest BCUT2D eigenvalue weighted by atomic mass is 17.2. The highest BCUT2D eigenvalue weighted by molar-refractivity contribution is 6.02. The molecule has 4 rings (SSSR count). The zero-order valence-electron chi connectivity index (χ0n) is 20.5. The second-order valence-corrected chi connectivity index (χ2v) is 7.95. The SMILES string of the molecule is CCOC(=O)C1=C(c2ccccc2)[C@@](OO)(c2ccccc2)O[C@]1(OC)O/N=C/c1ccc([N+](=O)[O-])cc1. The number of hydrogen-bond donors (Lipinski definition) is 1. The quantitative estimate of drug-likeness (QED) is 0.101. The number of oxime groups is 1. The number of non-ortho nitro benzene ring substituents is 1. The van der Waals surface area contributed by atoms with Gasteiger partial charge in [0.15, 0.2) is 5.57 Å². The van der Waals surface area contributed by atoms with Gasteiger partial charge in [-0.3, -0.25) is 14.9 Å². The minimum absolute atomic E-state index is 0.0224. The fraction of sp³-hybridized carbons (Fsp3) is 0.185. The molecule has 38 heavy (non-hydrogen) atoms. The molecule has 196 valence electrons. The number of nitrogens with zero attached hydrogens (tertiary/aromatic N) is 2. The van der Waals surface area contributed by atoms with Crippen molar-refractivity contribution >= 4 is 23.4 Å². The number of hydrogen-bond acceptors (Lipinski definition) is 10. The highest BCUT2D eigenvalue weighted by Crippen LogP contribution is 2.54. The van der Waals surface area contributed by atoms with Gasteiger partial charge in [-0.15, -0.1) is 0 Å². The van der Waals surface area contributed by atoms with E-state index in [9.17, 15) is 20.2 Å².